The van der Waals surface area contributed by atoms with Crippen molar-refractivity contribution in [1.82, 2.24) is 9.97 Å². The molecule has 0 aromatic carbocycles. The molecule has 2 rings (SSSR count). The smallest absolute Gasteiger partial charge is 0.359 e. The normalized spacial score (nSPS) is 10.3. The number of hydrogen-bond donors (Lipinski definition) is 1. The Balaban J connectivity index is 2.54. The number of aromatic nitrogens is 2. The minimum Gasteiger partial charge on any atom is -0.461 e. The number of hydrogen-bond acceptors (Lipinski definition) is 5. The summed E-state index contributed by atoms with van der Waals surface area (Å²) < 4.78 is 4.86. The van der Waals surface area contributed by atoms with Crippen molar-refractivity contribution in [3.63, 3.8) is 0 Å². The third-order valence-corrected chi connectivity index (χ3v) is 2.12. The summed E-state index contributed by atoms with van der Waals surface area (Å²) in [5.41, 5.74) is 6.82. The molecule has 0 bridgehead atoms. The molecule has 2 N–H and O–H groups in total. The molecule has 82 valence electrons. The van der Waals surface area contributed by atoms with E-state index in [0.29, 0.717) is 17.8 Å². The van der Waals surface area contributed by atoms with Crippen LogP contribution in [0.2, 0.25) is 0 Å². The number of anilines is 1. The maximum absolute atomic E-state index is 11.5. The van der Waals surface area contributed by atoms with E-state index in [1.54, 1.807) is 31.5 Å². The van der Waals surface area contributed by atoms with Crippen molar-refractivity contribution in [1.29, 1.82) is 0 Å². The highest BCUT2D eigenvalue weighted by molar-refractivity contribution is 5.96. The van der Waals surface area contributed by atoms with Crippen molar-refractivity contribution in [2.24, 2.45) is 0 Å². The van der Waals surface area contributed by atoms with Crippen molar-refractivity contribution in [2.75, 3.05) is 12.3 Å². The zero-order valence-electron chi connectivity index (χ0n) is 8.80. The summed E-state index contributed by atoms with van der Waals surface area (Å²) in [6.45, 7) is 2.03. The summed E-state index contributed by atoms with van der Waals surface area (Å²) in [7, 11) is 0. The number of carbonyl (C=O) groups excluding carboxylic acids is 1. The van der Waals surface area contributed by atoms with Crippen molar-refractivity contribution < 1.29 is 9.53 Å². The average Bonchev–Trinajstić information content (AvgIpc) is 2.28. The van der Waals surface area contributed by atoms with Crippen molar-refractivity contribution in [3.8, 4) is 0 Å². The monoisotopic (exact) mass is 217 g/mol. The molecule has 5 nitrogen and oxygen atoms in total. The number of ether oxygens (including phenoxy) is 1. The van der Waals surface area contributed by atoms with Crippen molar-refractivity contribution >= 4 is 22.6 Å². The Hall–Kier alpha value is -2.17. The van der Waals surface area contributed by atoms with Crippen molar-refractivity contribution in [3.05, 3.63) is 30.2 Å². The van der Waals surface area contributed by atoms with E-state index >= 15 is 0 Å². The molecule has 0 saturated carbocycles. The molecule has 0 aliphatic carbocycles. The van der Waals surface area contributed by atoms with Crippen LogP contribution >= 0.6 is 0 Å². The van der Waals surface area contributed by atoms with E-state index in [-0.39, 0.29) is 5.69 Å². The predicted octanol–water partition coefficient (Wildman–Crippen LogP) is 1.39. The van der Waals surface area contributed by atoms with Gasteiger partial charge >= 0.3 is 5.97 Å². The molecule has 0 unspecified atom stereocenters. The molecule has 0 fully saturated rings. The molecule has 2 aromatic rings. The van der Waals surface area contributed by atoms with E-state index in [0.717, 1.165) is 5.39 Å². The first kappa shape index (κ1) is 10.4. The molecule has 5 heteroatoms. The zero-order chi connectivity index (χ0) is 11.5. The molecule has 0 aliphatic heterocycles. The molecule has 16 heavy (non-hydrogen) atoms. The van der Waals surface area contributed by atoms with Gasteiger partial charge in [-0.05, 0) is 19.1 Å². The Morgan fingerprint density at radius 2 is 2.38 bits per heavy atom. The highest BCUT2D eigenvalue weighted by atomic mass is 16.5. The SMILES string of the molecule is CCOC(=O)c1nc2cnccc2cc1N. The van der Waals surface area contributed by atoms with E-state index in [2.05, 4.69) is 9.97 Å². The largest absolute Gasteiger partial charge is 0.461 e. The van der Waals surface area contributed by atoms with E-state index < -0.39 is 5.97 Å². The van der Waals surface area contributed by atoms with Gasteiger partial charge in [-0.2, -0.15) is 0 Å². The third-order valence-electron chi connectivity index (χ3n) is 2.12. The van der Waals surface area contributed by atoms with Gasteiger partial charge in [0, 0.05) is 11.6 Å². The zero-order valence-corrected chi connectivity index (χ0v) is 8.80. The summed E-state index contributed by atoms with van der Waals surface area (Å²) in [6, 6.07) is 3.48. The van der Waals surface area contributed by atoms with Crippen LogP contribution in [0.5, 0.6) is 0 Å². The van der Waals surface area contributed by atoms with Crippen LogP contribution in [0, 0.1) is 0 Å². The molecule has 0 radical (unpaired) electrons. The Morgan fingerprint density at radius 1 is 1.56 bits per heavy atom. The minimum atomic E-state index is -0.509. The topological polar surface area (TPSA) is 78.1 Å². The van der Waals surface area contributed by atoms with Gasteiger partial charge in [0.25, 0.3) is 0 Å². The molecule has 2 aromatic heterocycles. The molecule has 0 spiro atoms. The number of nitrogen functional groups attached to an aromatic ring is 1. The lowest BCUT2D eigenvalue weighted by Gasteiger charge is -2.05. The number of rotatable bonds is 2. The van der Waals surface area contributed by atoms with Crippen LogP contribution in [0.25, 0.3) is 10.9 Å². The molecule has 0 atom stereocenters. The van der Waals surface area contributed by atoms with Gasteiger partial charge in [-0.25, -0.2) is 9.78 Å². The summed E-state index contributed by atoms with van der Waals surface area (Å²) in [5, 5.41) is 0.848. The summed E-state index contributed by atoms with van der Waals surface area (Å²) in [6.07, 6.45) is 3.23. The quantitative estimate of drug-likeness (QED) is 0.769. The van der Waals surface area contributed by atoms with Gasteiger partial charge in [0.1, 0.15) is 0 Å². The fraction of sp³-hybridized carbons (Fsp3) is 0.182. The summed E-state index contributed by atoms with van der Waals surface area (Å²) in [5.74, 6) is -0.509. The second-order valence-electron chi connectivity index (χ2n) is 3.22. The van der Waals surface area contributed by atoms with E-state index in [9.17, 15) is 4.79 Å². The lowest BCUT2D eigenvalue weighted by Crippen LogP contribution is -2.10. The fourth-order valence-electron chi connectivity index (χ4n) is 1.40. The highest BCUT2D eigenvalue weighted by Gasteiger charge is 2.13. The predicted molar refractivity (Wildman–Crippen MR) is 59.9 cm³/mol. The number of fused-ring (bicyclic) bond motifs is 1. The average molecular weight is 217 g/mol. The molecule has 2 heterocycles. The molecule has 0 aliphatic rings. The summed E-state index contributed by atoms with van der Waals surface area (Å²) in [4.78, 5) is 19.6. The summed E-state index contributed by atoms with van der Waals surface area (Å²) >= 11 is 0. The third kappa shape index (κ3) is 1.79. The van der Waals surface area contributed by atoms with Gasteiger partial charge < -0.3 is 10.5 Å². The maximum Gasteiger partial charge on any atom is 0.359 e. The molecular weight excluding hydrogens is 206 g/mol. The van der Waals surface area contributed by atoms with Gasteiger partial charge in [0.2, 0.25) is 0 Å². The van der Waals surface area contributed by atoms with Crippen LogP contribution < -0.4 is 5.73 Å². The van der Waals surface area contributed by atoms with Gasteiger partial charge in [0.15, 0.2) is 5.69 Å². The fourth-order valence-corrected chi connectivity index (χ4v) is 1.40. The lowest BCUT2D eigenvalue weighted by molar-refractivity contribution is 0.0521. The maximum atomic E-state index is 11.5. The second-order valence-corrected chi connectivity index (χ2v) is 3.22. The highest BCUT2D eigenvalue weighted by Crippen LogP contribution is 2.18. The van der Waals surface area contributed by atoms with Gasteiger partial charge in [-0.15, -0.1) is 0 Å². The Kier molecular flexibility index (Phi) is 2.68. The second kappa shape index (κ2) is 4.14. The Morgan fingerprint density at radius 3 is 3.12 bits per heavy atom. The molecular formula is C11H11N3O2. The van der Waals surface area contributed by atoms with Crippen LogP contribution in [-0.4, -0.2) is 22.5 Å². The standard InChI is InChI=1S/C11H11N3O2/c1-2-16-11(15)10-8(12)5-7-3-4-13-6-9(7)14-10/h3-6H,2,12H2,1H3. The number of nitrogens with two attached hydrogens (primary N) is 1. The Bertz CT molecular complexity index is 540. The van der Waals surface area contributed by atoms with Crippen LogP contribution in [0.15, 0.2) is 24.5 Å². The van der Waals surface area contributed by atoms with E-state index in [1.807, 2.05) is 0 Å². The number of carbonyl (C=O) groups is 1. The number of esters is 1. The molecule has 0 saturated heterocycles. The van der Waals surface area contributed by atoms with Crippen LogP contribution in [-0.2, 0) is 4.74 Å². The van der Waals surface area contributed by atoms with Gasteiger partial charge in [-0.3, -0.25) is 4.98 Å². The van der Waals surface area contributed by atoms with E-state index in [4.69, 9.17) is 10.5 Å². The number of nitrogens with zero attached hydrogens (tertiary/aromatic N) is 2. The molecule has 0 amide bonds. The number of pyridine rings is 2. The van der Waals surface area contributed by atoms with Crippen molar-refractivity contribution in [2.45, 2.75) is 6.92 Å². The van der Waals surface area contributed by atoms with Crippen LogP contribution in [0.3, 0.4) is 0 Å². The van der Waals surface area contributed by atoms with E-state index in [1.165, 1.54) is 0 Å². The lowest BCUT2D eigenvalue weighted by atomic mass is 10.2. The van der Waals surface area contributed by atoms with Gasteiger partial charge in [0.05, 0.1) is 24.0 Å². The Labute approximate surface area is 92.3 Å². The van der Waals surface area contributed by atoms with Gasteiger partial charge in [-0.1, -0.05) is 0 Å². The first-order chi connectivity index (χ1) is 7.72. The minimum absolute atomic E-state index is 0.141. The first-order valence-electron chi connectivity index (χ1n) is 4.89. The van der Waals surface area contributed by atoms with Crippen LogP contribution in [0.1, 0.15) is 17.4 Å². The first-order valence-corrected chi connectivity index (χ1v) is 4.89. The van der Waals surface area contributed by atoms with Crippen LogP contribution in [0.4, 0.5) is 5.69 Å².